The van der Waals surface area contributed by atoms with Gasteiger partial charge in [-0.3, -0.25) is 29.2 Å². The summed E-state index contributed by atoms with van der Waals surface area (Å²) in [5, 5.41) is 16.8. The summed E-state index contributed by atoms with van der Waals surface area (Å²) < 4.78 is 43.0. The van der Waals surface area contributed by atoms with Crippen LogP contribution in [0.2, 0.25) is 0 Å². The number of hydrogen-bond donors (Lipinski definition) is 3. The van der Waals surface area contributed by atoms with Crippen molar-refractivity contribution in [3.05, 3.63) is 95.1 Å². The minimum absolute atomic E-state index is 0.0146. The number of ether oxygens (including phenoxy) is 2. The number of aryl methyl sites for hydroxylation is 1. The molecule has 0 spiro atoms. The Hall–Kier alpha value is -6.07. The second-order valence-electron chi connectivity index (χ2n) is 15.4. The van der Waals surface area contributed by atoms with Crippen molar-refractivity contribution in [2.45, 2.75) is 70.3 Å². The van der Waals surface area contributed by atoms with Gasteiger partial charge in [-0.25, -0.2) is 18.3 Å². The molecule has 3 amide bonds. The Kier molecular flexibility index (Phi) is 12.5. The standard InChI is InChI=1S/C43H47F2N9O6/c44-39(45)37-32(48-41(56)31-25-47-53-19-17-35(49-40(31)53)52-20-22-59-23-21-52)26-54(51-37)29-15-13-27(14-16-29)24-46-18-6-2-1-3-8-28-9-4-5-11-33(28)60-34-12-7-10-30-36(34)42(57)50-43(58)38(30)55/h4-5,7,9-12,17,19,25-27,29,39,46H,1-3,6,8,13-16,18,20-24H2,(H,48,56)(H,50,57,58). The molecule has 0 unspecified atom stereocenters. The van der Waals surface area contributed by atoms with Gasteiger partial charge in [0.2, 0.25) is 0 Å². The first-order valence-corrected chi connectivity index (χ1v) is 20.6. The van der Waals surface area contributed by atoms with Crippen molar-refractivity contribution >= 4 is 40.7 Å². The molecular formula is C43H47F2N9O6. The minimum atomic E-state index is -2.86. The summed E-state index contributed by atoms with van der Waals surface area (Å²) in [6.07, 6.45) is 10.1. The zero-order valence-corrected chi connectivity index (χ0v) is 33.1. The molecule has 60 heavy (non-hydrogen) atoms. The molecule has 314 valence electrons. The molecule has 1 aliphatic carbocycles. The normalized spacial score (nSPS) is 18.2. The number of halogens is 2. The van der Waals surface area contributed by atoms with E-state index in [1.807, 2.05) is 30.3 Å². The Balaban J connectivity index is 0.761. The molecule has 0 atom stereocenters. The van der Waals surface area contributed by atoms with Crippen LogP contribution in [0.1, 0.15) is 106 Å². The fourth-order valence-electron chi connectivity index (χ4n) is 8.18. The van der Waals surface area contributed by atoms with Gasteiger partial charge in [-0.05, 0) is 93.8 Å². The number of ketones is 1. The monoisotopic (exact) mass is 823 g/mol. The van der Waals surface area contributed by atoms with Crippen LogP contribution in [0.15, 0.2) is 67.1 Å². The Labute approximate surface area is 344 Å². The number of aromatic nitrogens is 5. The number of amides is 3. The lowest BCUT2D eigenvalue weighted by atomic mass is 9.86. The number of carbonyl (C=O) groups is 4. The number of nitrogens with one attached hydrogen (secondary N) is 3. The molecule has 3 aliphatic rings. The smallest absolute Gasteiger partial charge is 0.299 e. The largest absolute Gasteiger partial charge is 0.456 e. The highest BCUT2D eigenvalue weighted by atomic mass is 19.3. The molecule has 2 aliphatic heterocycles. The van der Waals surface area contributed by atoms with E-state index in [2.05, 4.69) is 36.0 Å². The van der Waals surface area contributed by atoms with Gasteiger partial charge in [-0.1, -0.05) is 37.1 Å². The van der Waals surface area contributed by atoms with E-state index >= 15 is 0 Å². The van der Waals surface area contributed by atoms with Crippen LogP contribution in [-0.2, 0) is 16.0 Å². The van der Waals surface area contributed by atoms with Gasteiger partial charge in [0, 0.05) is 31.0 Å². The number of morpholine rings is 1. The minimum Gasteiger partial charge on any atom is -0.456 e. The number of benzene rings is 2. The van der Waals surface area contributed by atoms with Gasteiger partial charge in [0.15, 0.2) is 11.3 Å². The molecule has 3 aromatic heterocycles. The Bertz CT molecular complexity index is 2370. The van der Waals surface area contributed by atoms with Gasteiger partial charge in [-0.15, -0.1) is 0 Å². The zero-order valence-electron chi connectivity index (χ0n) is 33.1. The van der Waals surface area contributed by atoms with Crippen LogP contribution in [0.3, 0.4) is 0 Å². The highest BCUT2D eigenvalue weighted by Crippen LogP contribution is 2.36. The van der Waals surface area contributed by atoms with Crippen molar-refractivity contribution in [3.8, 4) is 11.5 Å². The summed E-state index contributed by atoms with van der Waals surface area (Å²) in [4.78, 5) is 56.8. The van der Waals surface area contributed by atoms with Gasteiger partial charge >= 0.3 is 0 Å². The number of imide groups is 1. The zero-order chi connectivity index (χ0) is 41.6. The molecule has 1 saturated heterocycles. The fourth-order valence-corrected chi connectivity index (χ4v) is 8.18. The third-order valence-corrected chi connectivity index (χ3v) is 11.4. The van der Waals surface area contributed by atoms with Crippen molar-refractivity contribution in [1.82, 2.24) is 35.0 Å². The SMILES string of the molecule is O=C1NC(=O)c2c(Oc3ccccc3CCCCCCNCC3CCC(n4cc(NC(=O)c5cnn6ccc(N7CCOCC7)nc56)c(C(F)F)n4)CC3)cccc2C1=O. The van der Waals surface area contributed by atoms with Gasteiger partial charge in [-0.2, -0.15) is 10.2 Å². The Morgan fingerprint density at radius 1 is 0.933 bits per heavy atom. The van der Waals surface area contributed by atoms with E-state index in [9.17, 15) is 28.0 Å². The number of rotatable bonds is 16. The van der Waals surface area contributed by atoms with E-state index in [0.29, 0.717) is 49.4 Å². The number of fused-ring (bicyclic) bond motifs is 2. The summed E-state index contributed by atoms with van der Waals surface area (Å²) in [5.74, 6) is -0.938. The maximum atomic E-state index is 14.2. The number of hydrogen-bond acceptors (Lipinski definition) is 11. The predicted molar refractivity (Wildman–Crippen MR) is 217 cm³/mol. The molecule has 15 nitrogen and oxygen atoms in total. The lowest BCUT2D eigenvalue weighted by molar-refractivity contribution is -0.116. The van der Waals surface area contributed by atoms with Gasteiger partial charge in [0.25, 0.3) is 29.9 Å². The number of nitrogens with zero attached hydrogens (tertiary/aromatic N) is 6. The van der Waals surface area contributed by atoms with Crippen LogP contribution < -0.4 is 25.6 Å². The van der Waals surface area contributed by atoms with Crippen LogP contribution in [0.5, 0.6) is 11.5 Å². The first-order chi connectivity index (χ1) is 29.2. The molecular weight excluding hydrogens is 777 g/mol. The topological polar surface area (TPSA) is 174 Å². The van der Waals surface area contributed by atoms with Crippen LogP contribution in [0, 0.1) is 5.92 Å². The number of anilines is 2. The molecule has 0 radical (unpaired) electrons. The first kappa shape index (κ1) is 40.7. The number of para-hydroxylation sites is 1. The van der Waals surface area contributed by atoms with Gasteiger partial charge in [0.05, 0.1) is 36.7 Å². The third kappa shape index (κ3) is 9.06. The Morgan fingerprint density at radius 2 is 1.72 bits per heavy atom. The lowest BCUT2D eigenvalue weighted by Crippen LogP contribution is -2.42. The highest BCUT2D eigenvalue weighted by Gasteiger charge is 2.33. The average molecular weight is 824 g/mol. The highest BCUT2D eigenvalue weighted by molar-refractivity contribution is 6.49. The lowest BCUT2D eigenvalue weighted by Gasteiger charge is -2.29. The van der Waals surface area contributed by atoms with E-state index in [1.165, 1.54) is 23.0 Å². The third-order valence-electron chi connectivity index (χ3n) is 11.4. The van der Waals surface area contributed by atoms with Crippen LogP contribution in [-0.4, -0.2) is 87.3 Å². The van der Waals surface area contributed by atoms with E-state index in [1.54, 1.807) is 23.0 Å². The summed E-state index contributed by atoms with van der Waals surface area (Å²) in [5.41, 5.74) is 1.14. The quantitative estimate of drug-likeness (QED) is 0.0577. The molecule has 0 bridgehead atoms. The summed E-state index contributed by atoms with van der Waals surface area (Å²) in [7, 11) is 0. The van der Waals surface area contributed by atoms with Gasteiger partial charge < -0.3 is 25.0 Å². The molecule has 1 saturated carbocycles. The molecule has 5 heterocycles. The van der Waals surface area contributed by atoms with Crippen molar-refractivity contribution in [2.24, 2.45) is 5.92 Å². The maximum Gasteiger partial charge on any atom is 0.299 e. The van der Waals surface area contributed by atoms with Gasteiger partial charge in [0.1, 0.15) is 22.9 Å². The molecule has 2 aromatic carbocycles. The van der Waals surface area contributed by atoms with Crippen LogP contribution >= 0.6 is 0 Å². The molecule has 17 heteroatoms. The van der Waals surface area contributed by atoms with Crippen molar-refractivity contribution in [2.75, 3.05) is 49.6 Å². The second-order valence-corrected chi connectivity index (χ2v) is 15.4. The second kappa shape index (κ2) is 18.5. The summed E-state index contributed by atoms with van der Waals surface area (Å²) in [6.45, 7) is 4.31. The average Bonchev–Trinajstić information content (AvgIpc) is 3.89. The molecule has 2 fully saturated rings. The fraction of sp³-hybridized carbons (Fsp3) is 0.419. The molecule has 3 N–H and O–H groups in total. The predicted octanol–water partition coefficient (Wildman–Crippen LogP) is 6.32. The number of Topliss-reactive ketones (excluding diaryl/α,β-unsaturated/α-hetero) is 1. The summed E-state index contributed by atoms with van der Waals surface area (Å²) >= 11 is 0. The number of alkyl halides is 2. The van der Waals surface area contributed by atoms with Crippen molar-refractivity contribution < 1.29 is 37.4 Å². The first-order valence-electron chi connectivity index (χ1n) is 20.6. The van der Waals surface area contributed by atoms with E-state index in [-0.39, 0.29) is 34.2 Å². The van der Waals surface area contributed by atoms with E-state index in [4.69, 9.17) is 9.47 Å². The van der Waals surface area contributed by atoms with Crippen LogP contribution in [0.25, 0.3) is 5.65 Å². The van der Waals surface area contributed by atoms with E-state index < -0.39 is 35.6 Å². The van der Waals surface area contributed by atoms with Crippen molar-refractivity contribution in [3.63, 3.8) is 0 Å². The van der Waals surface area contributed by atoms with Crippen molar-refractivity contribution in [1.29, 1.82) is 0 Å². The number of unbranched alkanes of at least 4 members (excludes halogenated alkanes) is 3. The van der Waals surface area contributed by atoms with E-state index in [0.717, 1.165) is 76.4 Å². The molecule has 8 rings (SSSR count). The maximum absolute atomic E-state index is 14.2. The number of carbonyl (C=O) groups excluding carboxylic acids is 4. The Morgan fingerprint density at radius 3 is 2.53 bits per heavy atom. The van der Waals surface area contributed by atoms with Crippen LogP contribution in [0.4, 0.5) is 20.3 Å². The molecule has 5 aromatic rings. The summed E-state index contributed by atoms with van der Waals surface area (Å²) in [6, 6.07) is 14.1.